The maximum atomic E-state index is 12.0. The van der Waals surface area contributed by atoms with E-state index in [0.29, 0.717) is 0 Å². The number of aryl methyl sites for hydroxylation is 1. The molecule has 0 aliphatic carbocycles. The molecular formula is C14H16N2O3S. The molecule has 0 saturated carbocycles. The Morgan fingerprint density at radius 2 is 2.00 bits per heavy atom. The highest BCUT2D eigenvalue weighted by Gasteiger charge is 2.24. The Labute approximate surface area is 121 Å². The molecule has 0 spiro atoms. The monoisotopic (exact) mass is 292 g/mol. The quantitative estimate of drug-likeness (QED) is 0.859. The predicted molar refractivity (Wildman–Crippen MR) is 78.2 cm³/mol. The van der Waals surface area contributed by atoms with Gasteiger partial charge in [0.2, 0.25) is 0 Å². The molecule has 1 unspecified atom stereocenters. The average Bonchev–Trinajstić information content (AvgIpc) is 2.90. The first-order chi connectivity index (χ1) is 9.65. The molecule has 1 heterocycles. The van der Waals surface area contributed by atoms with Crippen molar-refractivity contribution in [3.8, 4) is 5.75 Å². The number of methoxy groups -OCH3 is 2. The lowest BCUT2D eigenvalue weighted by atomic mass is 10.2. The molecule has 6 heteroatoms. The lowest BCUT2D eigenvalue weighted by Gasteiger charge is -2.17. The lowest BCUT2D eigenvalue weighted by Crippen LogP contribution is -2.22. The van der Waals surface area contributed by atoms with Crippen molar-refractivity contribution >= 4 is 23.0 Å². The number of rotatable bonds is 5. The zero-order valence-corrected chi connectivity index (χ0v) is 12.4. The van der Waals surface area contributed by atoms with E-state index in [4.69, 9.17) is 9.47 Å². The molecule has 0 amide bonds. The number of anilines is 1. The van der Waals surface area contributed by atoms with Gasteiger partial charge in [-0.25, -0.2) is 9.78 Å². The molecule has 0 aliphatic rings. The summed E-state index contributed by atoms with van der Waals surface area (Å²) in [6, 6.07) is 6.81. The Kier molecular flexibility index (Phi) is 4.57. The van der Waals surface area contributed by atoms with Crippen LogP contribution in [0.1, 0.15) is 16.6 Å². The Morgan fingerprint density at radius 1 is 1.30 bits per heavy atom. The Balaban J connectivity index is 2.24. The molecule has 0 saturated heterocycles. The van der Waals surface area contributed by atoms with Gasteiger partial charge in [-0.2, -0.15) is 0 Å². The molecule has 1 aromatic heterocycles. The third-order valence-electron chi connectivity index (χ3n) is 2.88. The Morgan fingerprint density at radius 3 is 2.50 bits per heavy atom. The van der Waals surface area contributed by atoms with E-state index in [2.05, 4.69) is 10.3 Å². The second-order valence-electron chi connectivity index (χ2n) is 4.13. The van der Waals surface area contributed by atoms with Crippen LogP contribution in [-0.2, 0) is 9.53 Å². The van der Waals surface area contributed by atoms with Gasteiger partial charge in [0.15, 0.2) is 6.04 Å². The zero-order valence-electron chi connectivity index (χ0n) is 11.5. The van der Waals surface area contributed by atoms with Crippen LogP contribution < -0.4 is 10.1 Å². The van der Waals surface area contributed by atoms with E-state index in [1.807, 2.05) is 31.2 Å². The van der Waals surface area contributed by atoms with Gasteiger partial charge in [0.1, 0.15) is 5.75 Å². The summed E-state index contributed by atoms with van der Waals surface area (Å²) < 4.78 is 9.97. The second-order valence-corrected chi connectivity index (χ2v) is 5.02. The van der Waals surface area contributed by atoms with Gasteiger partial charge >= 0.3 is 5.97 Å². The van der Waals surface area contributed by atoms with E-state index < -0.39 is 6.04 Å². The highest BCUT2D eigenvalue weighted by atomic mass is 32.1. The number of aromatic nitrogens is 1. The lowest BCUT2D eigenvalue weighted by molar-refractivity contribution is -0.141. The van der Waals surface area contributed by atoms with Crippen LogP contribution in [0, 0.1) is 6.92 Å². The predicted octanol–water partition coefficient (Wildman–Crippen LogP) is 2.79. The molecule has 0 bridgehead atoms. The normalized spacial score (nSPS) is 11.8. The first-order valence-corrected chi connectivity index (χ1v) is 6.92. The number of benzene rings is 1. The number of carbonyl (C=O) groups is 1. The number of esters is 1. The first kappa shape index (κ1) is 14.3. The van der Waals surface area contributed by atoms with E-state index >= 15 is 0 Å². The van der Waals surface area contributed by atoms with E-state index in [9.17, 15) is 4.79 Å². The SMILES string of the molecule is COC(=O)C(Nc1ccc(OC)cc1)c1scnc1C. The van der Waals surface area contributed by atoms with Crippen LogP contribution >= 0.6 is 11.3 Å². The van der Waals surface area contributed by atoms with Gasteiger partial charge in [0, 0.05) is 5.69 Å². The maximum Gasteiger partial charge on any atom is 0.333 e. The molecule has 5 nitrogen and oxygen atoms in total. The van der Waals surface area contributed by atoms with Crippen LogP contribution in [0.25, 0.3) is 0 Å². The van der Waals surface area contributed by atoms with Gasteiger partial charge in [-0.3, -0.25) is 0 Å². The van der Waals surface area contributed by atoms with Gasteiger partial charge < -0.3 is 14.8 Å². The molecule has 1 aromatic carbocycles. The van der Waals surface area contributed by atoms with Crippen LogP contribution in [0.4, 0.5) is 5.69 Å². The molecule has 106 valence electrons. The van der Waals surface area contributed by atoms with Crippen LogP contribution in [0.2, 0.25) is 0 Å². The Bertz CT molecular complexity index is 580. The minimum Gasteiger partial charge on any atom is -0.497 e. The molecule has 1 atom stereocenters. The highest BCUT2D eigenvalue weighted by Crippen LogP contribution is 2.27. The van der Waals surface area contributed by atoms with E-state index in [0.717, 1.165) is 22.0 Å². The van der Waals surface area contributed by atoms with Crippen LogP contribution in [-0.4, -0.2) is 25.2 Å². The molecule has 0 fully saturated rings. The molecule has 20 heavy (non-hydrogen) atoms. The van der Waals surface area contributed by atoms with Crippen LogP contribution in [0.15, 0.2) is 29.8 Å². The van der Waals surface area contributed by atoms with Gasteiger partial charge in [0.05, 0.1) is 30.3 Å². The molecule has 2 aromatic rings. The summed E-state index contributed by atoms with van der Waals surface area (Å²) in [4.78, 5) is 17.0. The largest absolute Gasteiger partial charge is 0.497 e. The average molecular weight is 292 g/mol. The number of hydrogen-bond donors (Lipinski definition) is 1. The van der Waals surface area contributed by atoms with Crippen LogP contribution in [0.5, 0.6) is 5.75 Å². The summed E-state index contributed by atoms with van der Waals surface area (Å²) in [5, 5.41) is 3.16. The number of ether oxygens (including phenoxy) is 2. The van der Waals surface area contributed by atoms with Crippen molar-refractivity contribution in [2.24, 2.45) is 0 Å². The summed E-state index contributed by atoms with van der Waals surface area (Å²) >= 11 is 1.43. The smallest absolute Gasteiger partial charge is 0.333 e. The molecular weight excluding hydrogens is 276 g/mol. The third kappa shape index (κ3) is 3.08. The van der Waals surface area contributed by atoms with Crippen molar-refractivity contribution in [2.45, 2.75) is 13.0 Å². The first-order valence-electron chi connectivity index (χ1n) is 6.04. The number of hydrogen-bond acceptors (Lipinski definition) is 6. The van der Waals surface area contributed by atoms with Crippen molar-refractivity contribution in [1.29, 1.82) is 0 Å². The summed E-state index contributed by atoms with van der Waals surface area (Å²) in [7, 11) is 2.99. The van der Waals surface area contributed by atoms with E-state index in [1.54, 1.807) is 12.6 Å². The minimum atomic E-state index is -0.555. The van der Waals surface area contributed by atoms with Crippen molar-refractivity contribution < 1.29 is 14.3 Å². The topological polar surface area (TPSA) is 60.5 Å². The van der Waals surface area contributed by atoms with E-state index in [1.165, 1.54) is 18.4 Å². The molecule has 2 rings (SSSR count). The molecule has 1 N–H and O–H groups in total. The van der Waals surface area contributed by atoms with Crippen molar-refractivity contribution in [2.75, 3.05) is 19.5 Å². The van der Waals surface area contributed by atoms with Crippen molar-refractivity contribution in [3.63, 3.8) is 0 Å². The van der Waals surface area contributed by atoms with E-state index in [-0.39, 0.29) is 5.97 Å². The van der Waals surface area contributed by atoms with Gasteiger partial charge in [-0.15, -0.1) is 11.3 Å². The zero-order chi connectivity index (χ0) is 14.5. The second kappa shape index (κ2) is 6.38. The summed E-state index contributed by atoms with van der Waals surface area (Å²) in [6.45, 7) is 1.87. The van der Waals surface area contributed by atoms with Gasteiger partial charge in [-0.05, 0) is 31.2 Å². The van der Waals surface area contributed by atoms with Crippen molar-refractivity contribution in [1.82, 2.24) is 4.98 Å². The van der Waals surface area contributed by atoms with Crippen LogP contribution in [0.3, 0.4) is 0 Å². The number of nitrogens with zero attached hydrogens (tertiary/aromatic N) is 1. The Hall–Kier alpha value is -2.08. The summed E-state index contributed by atoms with van der Waals surface area (Å²) in [5.74, 6) is 0.423. The molecule has 0 radical (unpaired) electrons. The number of carbonyl (C=O) groups excluding carboxylic acids is 1. The van der Waals surface area contributed by atoms with Gasteiger partial charge in [0.25, 0.3) is 0 Å². The fraction of sp³-hybridized carbons (Fsp3) is 0.286. The number of nitrogens with one attached hydrogen (secondary N) is 1. The minimum absolute atomic E-state index is 0.340. The fourth-order valence-corrected chi connectivity index (χ4v) is 2.63. The standard InChI is InChI=1S/C14H16N2O3S/c1-9-13(20-8-15-9)12(14(17)19-3)16-10-4-6-11(18-2)7-5-10/h4-8,12,16H,1-3H3. The fourth-order valence-electron chi connectivity index (χ4n) is 1.79. The maximum absolute atomic E-state index is 12.0. The molecule has 0 aliphatic heterocycles. The third-order valence-corrected chi connectivity index (χ3v) is 3.88. The van der Waals surface area contributed by atoms with Crippen molar-refractivity contribution in [3.05, 3.63) is 40.3 Å². The summed E-state index contributed by atoms with van der Waals surface area (Å²) in [6.07, 6.45) is 0. The van der Waals surface area contributed by atoms with Gasteiger partial charge in [-0.1, -0.05) is 0 Å². The number of thiazole rings is 1. The highest BCUT2D eigenvalue weighted by molar-refractivity contribution is 7.10. The summed E-state index contributed by atoms with van der Waals surface area (Å²) in [5.41, 5.74) is 3.36.